The third-order valence-electron chi connectivity index (χ3n) is 5.11. The summed E-state index contributed by atoms with van der Waals surface area (Å²) in [6, 6.07) is 18.2. The highest BCUT2D eigenvalue weighted by Crippen LogP contribution is 2.36. The van der Waals surface area contributed by atoms with Crippen LogP contribution in [0.1, 0.15) is 12.5 Å². The molecule has 0 aliphatic carbocycles. The van der Waals surface area contributed by atoms with E-state index in [1.54, 1.807) is 54.6 Å². The van der Waals surface area contributed by atoms with Crippen molar-refractivity contribution in [3.05, 3.63) is 77.3 Å². The summed E-state index contributed by atoms with van der Waals surface area (Å²) in [5, 5.41) is 3.32. The number of anilines is 2. The van der Waals surface area contributed by atoms with E-state index in [0.717, 1.165) is 5.56 Å². The van der Waals surface area contributed by atoms with Crippen LogP contribution in [0.2, 0.25) is 5.02 Å². The minimum absolute atomic E-state index is 0.122. The zero-order valence-corrected chi connectivity index (χ0v) is 19.7. The molecule has 0 aromatic heterocycles. The first-order chi connectivity index (χ1) is 15.7. The van der Waals surface area contributed by atoms with Crippen LogP contribution in [0.5, 0.6) is 11.5 Å². The number of halogens is 1. The number of amides is 1. The van der Waals surface area contributed by atoms with Crippen molar-refractivity contribution in [2.24, 2.45) is 0 Å². The third kappa shape index (κ3) is 5.07. The van der Waals surface area contributed by atoms with E-state index in [2.05, 4.69) is 5.32 Å². The van der Waals surface area contributed by atoms with Gasteiger partial charge in [-0.05, 0) is 74.0 Å². The van der Waals surface area contributed by atoms with E-state index in [1.165, 1.54) is 16.4 Å². The lowest BCUT2D eigenvalue weighted by atomic mass is 10.2. The Morgan fingerprint density at radius 1 is 1.15 bits per heavy atom. The molecule has 33 heavy (non-hydrogen) atoms. The molecular formula is C24H23ClN2O5S. The topological polar surface area (TPSA) is 84.9 Å². The SMILES string of the molecule is Cc1cc(OCC(=O)Nc2ccc(S(=O)(=O)N3C[C@@H](C)Oc4ccccc43)cc2)ccc1Cl. The maximum absolute atomic E-state index is 13.3. The van der Waals surface area contributed by atoms with E-state index in [0.29, 0.717) is 27.9 Å². The Bertz CT molecular complexity index is 1280. The second-order valence-corrected chi connectivity index (χ2v) is 9.97. The monoisotopic (exact) mass is 486 g/mol. The van der Waals surface area contributed by atoms with Gasteiger partial charge in [0.25, 0.3) is 15.9 Å². The summed E-state index contributed by atoms with van der Waals surface area (Å²) < 4.78 is 39.2. The number of fused-ring (bicyclic) bond motifs is 1. The standard InChI is InChI=1S/C24H23ClN2O5S/c1-16-13-19(9-12-21(16)25)31-15-24(28)26-18-7-10-20(11-8-18)33(29,30)27-14-17(2)32-23-6-4-3-5-22(23)27/h3-13,17H,14-15H2,1-2H3,(H,26,28)/t17-/m1/s1. The van der Waals surface area contributed by atoms with Gasteiger partial charge in [0.2, 0.25) is 0 Å². The van der Waals surface area contributed by atoms with Gasteiger partial charge in [-0.3, -0.25) is 9.10 Å². The summed E-state index contributed by atoms with van der Waals surface area (Å²) in [7, 11) is -3.80. The summed E-state index contributed by atoms with van der Waals surface area (Å²) in [6.07, 6.45) is -0.280. The summed E-state index contributed by atoms with van der Waals surface area (Å²) in [6.45, 7) is 3.69. The summed E-state index contributed by atoms with van der Waals surface area (Å²) in [5.74, 6) is 0.697. The van der Waals surface area contributed by atoms with Crippen LogP contribution in [0.4, 0.5) is 11.4 Å². The Balaban J connectivity index is 1.43. The fourth-order valence-corrected chi connectivity index (χ4v) is 5.13. The molecule has 0 unspecified atom stereocenters. The minimum Gasteiger partial charge on any atom is -0.487 e. The predicted molar refractivity (Wildman–Crippen MR) is 128 cm³/mol. The van der Waals surface area contributed by atoms with Crippen molar-refractivity contribution in [3.8, 4) is 11.5 Å². The number of hydrogen-bond donors (Lipinski definition) is 1. The van der Waals surface area contributed by atoms with Gasteiger partial charge in [0, 0.05) is 10.7 Å². The first kappa shape index (κ1) is 22.9. The zero-order valence-electron chi connectivity index (χ0n) is 18.1. The average Bonchev–Trinajstić information content (AvgIpc) is 2.79. The van der Waals surface area contributed by atoms with E-state index in [-0.39, 0.29) is 30.1 Å². The molecule has 0 radical (unpaired) electrons. The Morgan fingerprint density at radius 2 is 1.88 bits per heavy atom. The molecule has 0 saturated heterocycles. The van der Waals surface area contributed by atoms with Crippen molar-refractivity contribution < 1.29 is 22.7 Å². The van der Waals surface area contributed by atoms with Crippen molar-refractivity contribution >= 4 is 38.9 Å². The molecule has 1 amide bonds. The minimum atomic E-state index is -3.80. The second kappa shape index (κ2) is 9.33. The van der Waals surface area contributed by atoms with Gasteiger partial charge in [-0.2, -0.15) is 0 Å². The van der Waals surface area contributed by atoms with Crippen molar-refractivity contribution in [2.75, 3.05) is 22.8 Å². The first-order valence-corrected chi connectivity index (χ1v) is 12.1. The Labute approximate surface area is 197 Å². The van der Waals surface area contributed by atoms with E-state index in [4.69, 9.17) is 21.1 Å². The molecule has 0 spiro atoms. The normalized spacial score (nSPS) is 15.4. The quantitative estimate of drug-likeness (QED) is 0.548. The highest BCUT2D eigenvalue weighted by atomic mass is 35.5. The molecule has 3 aromatic carbocycles. The summed E-state index contributed by atoms with van der Waals surface area (Å²) in [5.41, 5.74) is 1.82. The van der Waals surface area contributed by atoms with Gasteiger partial charge in [0.05, 0.1) is 17.1 Å². The van der Waals surface area contributed by atoms with Gasteiger partial charge in [0.1, 0.15) is 17.6 Å². The molecular weight excluding hydrogens is 464 g/mol. The van der Waals surface area contributed by atoms with Crippen LogP contribution in [0.25, 0.3) is 0 Å². The van der Waals surface area contributed by atoms with Crippen molar-refractivity contribution in [1.82, 2.24) is 0 Å². The Hall–Kier alpha value is -3.23. The number of aryl methyl sites for hydroxylation is 1. The number of carbonyl (C=O) groups is 1. The first-order valence-electron chi connectivity index (χ1n) is 10.3. The number of sulfonamides is 1. The second-order valence-electron chi connectivity index (χ2n) is 7.70. The molecule has 7 nitrogen and oxygen atoms in total. The number of nitrogens with one attached hydrogen (secondary N) is 1. The molecule has 9 heteroatoms. The molecule has 0 saturated carbocycles. The summed E-state index contributed by atoms with van der Waals surface area (Å²) >= 11 is 5.99. The van der Waals surface area contributed by atoms with E-state index < -0.39 is 10.0 Å². The third-order valence-corrected chi connectivity index (χ3v) is 7.33. The number of ether oxygens (including phenoxy) is 2. The van der Waals surface area contributed by atoms with Gasteiger partial charge in [-0.25, -0.2) is 8.42 Å². The Morgan fingerprint density at radius 3 is 2.61 bits per heavy atom. The molecule has 0 bridgehead atoms. The number of nitrogens with zero attached hydrogens (tertiary/aromatic N) is 1. The molecule has 1 N–H and O–H groups in total. The van der Waals surface area contributed by atoms with E-state index in [9.17, 15) is 13.2 Å². The molecule has 1 heterocycles. The van der Waals surface area contributed by atoms with Crippen molar-refractivity contribution in [3.63, 3.8) is 0 Å². The van der Waals surface area contributed by atoms with Crippen LogP contribution in [0, 0.1) is 6.92 Å². The van der Waals surface area contributed by atoms with Gasteiger partial charge < -0.3 is 14.8 Å². The van der Waals surface area contributed by atoms with Gasteiger partial charge in [-0.1, -0.05) is 23.7 Å². The molecule has 1 atom stereocenters. The maximum atomic E-state index is 13.3. The van der Waals surface area contributed by atoms with Crippen molar-refractivity contribution in [1.29, 1.82) is 0 Å². The van der Waals surface area contributed by atoms with Crippen LogP contribution in [0.3, 0.4) is 0 Å². The molecule has 4 rings (SSSR count). The zero-order chi connectivity index (χ0) is 23.6. The highest BCUT2D eigenvalue weighted by Gasteiger charge is 2.32. The lowest BCUT2D eigenvalue weighted by Crippen LogP contribution is -2.42. The van der Waals surface area contributed by atoms with Gasteiger partial charge in [0.15, 0.2) is 6.61 Å². The smallest absolute Gasteiger partial charge is 0.264 e. The van der Waals surface area contributed by atoms with Gasteiger partial charge in [-0.15, -0.1) is 0 Å². The highest BCUT2D eigenvalue weighted by molar-refractivity contribution is 7.92. The predicted octanol–water partition coefficient (Wildman–Crippen LogP) is 4.64. The van der Waals surface area contributed by atoms with Crippen LogP contribution < -0.4 is 19.1 Å². The molecule has 172 valence electrons. The maximum Gasteiger partial charge on any atom is 0.264 e. The Kier molecular flexibility index (Phi) is 6.49. The van der Waals surface area contributed by atoms with Crippen LogP contribution >= 0.6 is 11.6 Å². The number of rotatable bonds is 6. The number of para-hydroxylation sites is 2. The average molecular weight is 487 g/mol. The van der Waals surface area contributed by atoms with Crippen LogP contribution in [-0.4, -0.2) is 33.6 Å². The number of carbonyl (C=O) groups excluding carboxylic acids is 1. The molecule has 3 aromatic rings. The number of hydrogen-bond acceptors (Lipinski definition) is 5. The van der Waals surface area contributed by atoms with E-state index in [1.807, 2.05) is 13.8 Å². The molecule has 1 aliphatic rings. The molecule has 1 aliphatic heterocycles. The fourth-order valence-electron chi connectivity index (χ4n) is 3.47. The van der Waals surface area contributed by atoms with Crippen molar-refractivity contribution in [2.45, 2.75) is 24.8 Å². The number of benzene rings is 3. The lowest BCUT2D eigenvalue weighted by molar-refractivity contribution is -0.118. The van der Waals surface area contributed by atoms with Crippen LogP contribution in [0.15, 0.2) is 71.6 Å². The van der Waals surface area contributed by atoms with E-state index >= 15 is 0 Å². The largest absolute Gasteiger partial charge is 0.487 e. The molecule has 0 fully saturated rings. The summed E-state index contributed by atoms with van der Waals surface area (Å²) in [4.78, 5) is 12.4. The van der Waals surface area contributed by atoms with Crippen LogP contribution in [-0.2, 0) is 14.8 Å². The fraction of sp³-hybridized carbons (Fsp3) is 0.208. The lowest BCUT2D eigenvalue weighted by Gasteiger charge is -2.34. The van der Waals surface area contributed by atoms with Gasteiger partial charge >= 0.3 is 0 Å².